The van der Waals surface area contributed by atoms with Gasteiger partial charge in [-0.1, -0.05) is 60.7 Å². The number of benzene rings is 2. The van der Waals surface area contributed by atoms with E-state index in [0.29, 0.717) is 0 Å². The quantitative estimate of drug-likeness (QED) is 0.236. The largest absolute Gasteiger partial charge is 0.464 e. The molecule has 0 spiro atoms. The van der Waals surface area contributed by atoms with E-state index in [2.05, 4.69) is 10.6 Å². The van der Waals surface area contributed by atoms with Crippen LogP contribution in [0.3, 0.4) is 0 Å². The molecule has 3 rings (SSSR count). The van der Waals surface area contributed by atoms with E-state index in [9.17, 15) is 24.0 Å². The van der Waals surface area contributed by atoms with Gasteiger partial charge in [-0.25, -0.2) is 14.4 Å². The van der Waals surface area contributed by atoms with Crippen molar-refractivity contribution in [3.63, 3.8) is 0 Å². The van der Waals surface area contributed by atoms with Crippen LogP contribution in [-0.4, -0.2) is 72.1 Å². The number of hydrogen-bond acceptors (Lipinski definition) is 8. The van der Waals surface area contributed by atoms with Crippen LogP contribution in [0.5, 0.6) is 0 Å². The van der Waals surface area contributed by atoms with Gasteiger partial charge in [-0.15, -0.1) is 0 Å². The standard InChI is InChI=1S/C28H33N3O8/c1-4-37-26(34)22-23(27(35)38-5-2)31(22)25(33)21(16-19-12-8-6-9-13-19)30-24(32)18(3)29-28(36)39-17-20-14-10-7-11-15-20/h6-15,18,21-23H,4-5,16-17H2,1-3H3,(H,29,36)(H,30,32)/t18-,21-,22-,23+,31?/m0/s1. The van der Waals surface area contributed by atoms with Crippen molar-refractivity contribution in [3.8, 4) is 0 Å². The number of hydrogen-bond donors (Lipinski definition) is 2. The maximum Gasteiger partial charge on any atom is 0.408 e. The number of carbonyl (C=O) groups is 5. The number of nitrogens with zero attached hydrogens (tertiary/aromatic N) is 1. The van der Waals surface area contributed by atoms with Gasteiger partial charge in [0.05, 0.1) is 13.2 Å². The Balaban J connectivity index is 1.70. The maximum atomic E-state index is 13.6. The molecular weight excluding hydrogens is 506 g/mol. The summed E-state index contributed by atoms with van der Waals surface area (Å²) in [4.78, 5) is 64.8. The third-order valence-corrected chi connectivity index (χ3v) is 5.96. The highest BCUT2D eigenvalue weighted by Crippen LogP contribution is 2.32. The molecule has 1 aliphatic heterocycles. The molecule has 2 N–H and O–H groups in total. The number of nitrogens with one attached hydrogen (secondary N) is 2. The molecule has 2 aromatic carbocycles. The van der Waals surface area contributed by atoms with Crippen molar-refractivity contribution in [3.05, 3.63) is 71.8 Å². The third kappa shape index (κ3) is 8.03. The summed E-state index contributed by atoms with van der Waals surface area (Å²) in [5.74, 6) is -2.76. The second kappa shape index (κ2) is 13.9. The normalized spacial score (nSPS) is 17.3. The molecule has 0 bridgehead atoms. The van der Waals surface area contributed by atoms with Gasteiger partial charge < -0.3 is 29.7 Å². The van der Waals surface area contributed by atoms with Gasteiger partial charge in [0.1, 0.15) is 18.7 Å². The van der Waals surface area contributed by atoms with E-state index in [0.717, 1.165) is 16.0 Å². The molecule has 2 aromatic rings. The van der Waals surface area contributed by atoms with E-state index in [4.69, 9.17) is 14.2 Å². The van der Waals surface area contributed by atoms with Gasteiger partial charge in [0, 0.05) is 6.42 Å². The smallest absolute Gasteiger partial charge is 0.408 e. The van der Waals surface area contributed by atoms with E-state index in [1.807, 2.05) is 24.3 Å². The van der Waals surface area contributed by atoms with Crippen LogP contribution in [0.1, 0.15) is 31.9 Å². The highest BCUT2D eigenvalue weighted by Gasteiger charge is 2.62. The molecule has 0 saturated carbocycles. The second-order valence-electron chi connectivity index (χ2n) is 8.82. The maximum absolute atomic E-state index is 13.6. The summed E-state index contributed by atoms with van der Waals surface area (Å²) < 4.78 is 15.2. The Bertz CT molecular complexity index is 1130. The minimum atomic E-state index is -1.14. The number of ether oxygens (including phenoxy) is 3. The number of esters is 2. The molecule has 208 valence electrons. The molecule has 11 heteroatoms. The van der Waals surface area contributed by atoms with Gasteiger partial charge in [0.2, 0.25) is 11.8 Å². The lowest BCUT2D eigenvalue weighted by Crippen LogP contribution is -2.52. The molecule has 3 amide bonds. The highest BCUT2D eigenvalue weighted by atomic mass is 16.6. The highest BCUT2D eigenvalue weighted by molar-refractivity contribution is 6.03. The molecule has 1 heterocycles. The fourth-order valence-corrected chi connectivity index (χ4v) is 3.98. The average molecular weight is 540 g/mol. The van der Waals surface area contributed by atoms with Gasteiger partial charge in [-0.2, -0.15) is 0 Å². The molecule has 0 radical (unpaired) electrons. The van der Waals surface area contributed by atoms with E-state index in [1.54, 1.807) is 50.2 Å². The zero-order valence-electron chi connectivity index (χ0n) is 22.1. The van der Waals surface area contributed by atoms with E-state index in [1.165, 1.54) is 6.92 Å². The number of rotatable bonds is 12. The Hall–Kier alpha value is -4.41. The van der Waals surface area contributed by atoms with Gasteiger partial charge >= 0.3 is 18.0 Å². The zero-order valence-corrected chi connectivity index (χ0v) is 22.1. The monoisotopic (exact) mass is 539 g/mol. The number of alkyl carbamates (subject to hydrolysis) is 1. The predicted octanol–water partition coefficient (Wildman–Crippen LogP) is 1.73. The first-order valence-electron chi connectivity index (χ1n) is 12.7. The Morgan fingerprint density at radius 2 is 1.28 bits per heavy atom. The van der Waals surface area contributed by atoms with Gasteiger partial charge in [-0.3, -0.25) is 9.59 Å². The van der Waals surface area contributed by atoms with Gasteiger partial charge in [-0.05, 0) is 31.9 Å². The van der Waals surface area contributed by atoms with Crippen molar-refractivity contribution in [2.24, 2.45) is 0 Å². The van der Waals surface area contributed by atoms with Gasteiger partial charge in [0.25, 0.3) is 0 Å². The summed E-state index contributed by atoms with van der Waals surface area (Å²) >= 11 is 0. The predicted molar refractivity (Wildman–Crippen MR) is 139 cm³/mol. The molecule has 39 heavy (non-hydrogen) atoms. The lowest BCUT2D eigenvalue weighted by atomic mass is 10.0. The Morgan fingerprint density at radius 3 is 1.79 bits per heavy atom. The average Bonchev–Trinajstić information content (AvgIpc) is 3.69. The molecule has 4 atom stereocenters. The SMILES string of the molecule is CCOC(=O)[C@@H]1[C@H](C(=O)OCC)N1C(=O)[C@H](Cc1ccccc1)NC(=O)[C@H](C)NC(=O)OCc1ccccc1. The van der Waals surface area contributed by atoms with E-state index < -0.39 is 54.0 Å². The molecule has 1 aliphatic rings. The van der Waals surface area contributed by atoms with E-state index in [-0.39, 0.29) is 26.2 Å². The van der Waals surface area contributed by atoms with Crippen molar-refractivity contribution >= 4 is 29.8 Å². The molecule has 0 unspecified atom stereocenters. The topological polar surface area (TPSA) is 140 Å². The minimum absolute atomic E-state index is 0.0234. The molecule has 1 fully saturated rings. The first-order valence-corrected chi connectivity index (χ1v) is 12.7. The third-order valence-electron chi connectivity index (χ3n) is 5.96. The Labute approximate surface area is 226 Å². The minimum Gasteiger partial charge on any atom is -0.464 e. The van der Waals surface area contributed by atoms with Crippen LogP contribution < -0.4 is 10.6 Å². The van der Waals surface area contributed by atoms with Crippen LogP contribution in [-0.2, 0) is 46.4 Å². The summed E-state index contributed by atoms with van der Waals surface area (Å²) in [5.41, 5.74) is 1.52. The first-order chi connectivity index (χ1) is 18.8. The van der Waals surface area contributed by atoms with Crippen molar-refractivity contribution in [1.29, 1.82) is 0 Å². The summed E-state index contributed by atoms with van der Waals surface area (Å²) in [6.07, 6.45) is -0.721. The van der Waals surface area contributed by atoms with Crippen LogP contribution in [0, 0.1) is 0 Å². The van der Waals surface area contributed by atoms with Gasteiger partial charge in [0.15, 0.2) is 12.1 Å². The summed E-state index contributed by atoms with van der Waals surface area (Å²) in [6.45, 7) is 4.84. The Kier molecular flexibility index (Phi) is 10.4. The van der Waals surface area contributed by atoms with Crippen LogP contribution in [0.2, 0.25) is 0 Å². The summed E-state index contributed by atoms with van der Waals surface area (Å²) in [7, 11) is 0. The summed E-state index contributed by atoms with van der Waals surface area (Å²) in [5, 5.41) is 5.09. The van der Waals surface area contributed by atoms with Crippen LogP contribution in [0.15, 0.2) is 60.7 Å². The van der Waals surface area contributed by atoms with Crippen LogP contribution in [0.4, 0.5) is 4.79 Å². The number of amides is 3. The van der Waals surface area contributed by atoms with Crippen molar-refractivity contribution in [2.75, 3.05) is 13.2 Å². The van der Waals surface area contributed by atoms with Crippen LogP contribution in [0.25, 0.3) is 0 Å². The van der Waals surface area contributed by atoms with Crippen molar-refractivity contribution < 1.29 is 38.2 Å². The molecular formula is C28H33N3O8. The lowest BCUT2D eigenvalue weighted by molar-refractivity contribution is -0.147. The number of carbonyl (C=O) groups excluding carboxylic acids is 5. The lowest BCUT2D eigenvalue weighted by Gasteiger charge is -2.22. The second-order valence-corrected chi connectivity index (χ2v) is 8.82. The Morgan fingerprint density at radius 1 is 0.769 bits per heavy atom. The van der Waals surface area contributed by atoms with E-state index >= 15 is 0 Å². The van der Waals surface area contributed by atoms with Crippen LogP contribution >= 0.6 is 0 Å². The first kappa shape index (κ1) is 29.2. The molecule has 0 aromatic heterocycles. The van der Waals surface area contributed by atoms with Crippen molar-refractivity contribution in [2.45, 2.75) is 58.0 Å². The summed E-state index contributed by atoms with van der Waals surface area (Å²) in [6, 6.07) is 13.5. The fourth-order valence-electron chi connectivity index (χ4n) is 3.98. The van der Waals surface area contributed by atoms with Crippen molar-refractivity contribution in [1.82, 2.24) is 15.5 Å². The molecule has 1 saturated heterocycles. The fraction of sp³-hybridized carbons (Fsp3) is 0.393. The molecule has 11 nitrogen and oxygen atoms in total. The zero-order chi connectivity index (χ0) is 28.4. The molecule has 0 aliphatic carbocycles.